The van der Waals surface area contributed by atoms with Crippen molar-refractivity contribution in [3.63, 3.8) is 0 Å². The fourth-order valence-electron chi connectivity index (χ4n) is 1.97. The van der Waals surface area contributed by atoms with E-state index in [9.17, 15) is 13.5 Å². The smallest absolute Gasteiger partial charge is 0.211 e. The van der Waals surface area contributed by atoms with Crippen LogP contribution in [0.25, 0.3) is 0 Å². The number of sulfonamides is 1. The van der Waals surface area contributed by atoms with Gasteiger partial charge in [0.15, 0.2) is 0 Å². The second-order valence-electron chi connectivity index (χ2n) is 4.84. The summed E-state index contributed by atoms with van der Waals surface area (Å²) in [5, 5.41) is 16.6. The van der Waals surface area contributed by atoms with E-state index in [4.69, 9.17) is 0 Å². The molecule has 7 heteroatoms. The number of rotatable bonds is 8. The van der Waals surface area contributed by atoms with Crippen LogP contribution in [0.3, 0.4) is 0 Å². The lowest BCUT2D eigenvalue weighted by atomic mass is 9.95. The zero-order valence-electron chi connectivity index (χ0n) is 11.8. The van der Waals surface area contributed by atoms with Gasteiger partial charge in [0, 0.05) is 17.0 Å². The first-order valence-corrected chi connectivity index (χ1v) is 10.2. The van der Waals surface area contributed by atoms with Crippen molar-refractivity contribution in [3.8, 4) is 0 Å². The minimum Gasteiger partial charge on any atom is -0.378 e. The Balaban J connectivity index is 2.19. The Hall–Kier alpha value is -0.730. The fourth-order valence-corrected chi connectivity index (χ4v) is 4.78. The fraction of sp³-hybridized carbons (Fsp3) is 0.429. The summed E-state index contributed by atoms with van der Waals surface area (Å²) in [6, 6.07) is 5.50. The third kappa shape index (κ3) is 4.14. The molecule has 0 radical (unpaired) electrons. The minimum atomic E-state index is -3.36. The molecule has 1 atom stereocenters. The highest BCUT2D eigenvalue weighted by Crippen LogP contribution is 2.33. The molecule has 2 heterocycles. The Morgan fingerprint density at radius 3 is 2.71 bits per heavy atom. The first-order valence-electron chi connectivity index (χ1n) is 6.74. The summed E-state index contributed by atoms with van der Waals surface area (Å²) in [4.78, 5) is 0.735. The normalized spacial score (nSPS) is 15.0. The third-order valence-corrected chi connectivity index (χ3v) is 6.36. The molecular formula is C14H19NO3S3. The Kier molecular flexibility index (Phi) is 5.56. The Morgan fingerprint density at radius 2 is 2.14 bits per heavy atom. The van der Waals surface area contributed by atoms with Gasteiger partial charge < -0.3 is 5.11 Å². The molecule has 2 N–H and O–H groups in total. The molecule has 2 aromatic heterocycles. The molecule has 0 aliphatic heterocycles. The average Bonchev–Trinajstić information content (AvgIpc) is 3.14. The maximum Gasteiger partial charge on any atom is 0.211 e. The van der Waals surface area contributed by atoms with Crippen molar-refractivity contribution in [3.05, 3.63) is 44.8 Å². The van der Waals surface area contributed by atoms with Gasteiger partial charge in [-0.05, 0) is 34.7 Å². The molecule has 2 rings (SSSR count). The lowest BCUT2D eigenvalue weighted by Gasteiger charge is -2.26. The first-order chi connectivity index (χ1) is 9.98. The lowest BCUT2D eigenvalue weighted by molar-refractivity contribution is 0.0903. The van der Waals surface area contributed by atoms with Gasteiger partial charge in [0.1, 0.15) is 5.60 Å². The summed E-state index contributed by atoms with van der Waals surface area (Å²) in [5.41, 5.74) is -0.596. The van der Waals surface area contributed by atoms with Crippen LogP contribution >= 0.6 is 22.7 Å². The number of unbranched alkanes of at least 4 members (excludes halogenated alkanes) is 1. The van der Waals surface area contributed by atoms with Gasteiger partial charge in [-0.2, -0.15) is 11.3 Å². The van der Waals surface area contributed by atoms with Crippen LogP contribution in [-0.4, -0.2) is 25.8 Å². The maximum atomic E-state index is 12.0. The molecule has 0 aliphatic rings. The molecule has 0 amide bonds. The quantitative estimate of drug-likeness (QED) is 0.773. The number of hydrogen-bond acceptors (Lipinski definition) is 5. The van der Waals surface area contributed by atoms with Crippen molar-refractivity contribution < 1.29 is 13.5 Å². The van der Waals surface area contributed by atoms with Gasteiger partial charge in [0.25, 0.3) is 0 Å². The molecule has 0 unspecified atom stereocenters. The molecule has 0 saturated carbocycles. The van der Waals surface area contributed by atoms with Gasteiger partial charge in [0.2, 0.25) is 10.0 Å². The number of thiophene rings is 2. The Labute approximate surface area is 133 Å². The summed E-state index contributed by atoms with van der Waals surface area (Å²) >= 11 is 2.89. The van der Waals surface area contributed by atoms with E-state index in [0.717, 1.165) is 11.3 Å². The number of nitrogens with one attached hydrogen (secondary N) is 1. The summed E-state index contributed by atoms with van der Waals surface area (Å²) in [6.45, 7) is 1.90. The molecule has 2 aromatic rings. The standard InChI is InChI=1S/C14H19NO3S3/c1-2-3-9-21(17,18)15-11-14(16,12-6-8-19-10-12)13-5-4-7-20-13/h4-8,10,15-16H,2-3,9,11H2,1H3/t14-/m1/s1. The predicted octanol–water partition coefficient (Wildman–Crippen LogP) is 2.77. The monoisotopic (exact) mass is 345 g/mol. The van der Waals surface area contributed by atoms with Crippen molar-refractivity contribution >= 4 is 32.7 Å². The summed E-state index contributed by atoms with van der Waals surface area (Å²) in [6.07, 6.45) is 1.44. The molecule has 0 aliphatic carbocycles. The zero-order valence-corrected chi connectivity index (χ0v) is 14.2. The third-order valence-electron chi connectivity index (χ3n) is 3.24. The molecule has 0 fully saturated rings. The van der Waals surface area contributed by atoms with Crippen LogP contribution in [0.1, 0.15) is 30.2 Å². The maximum absolute atomic E-state index is 12.0. The SMILES string of the molecule is CCCCS(=O)(=O)NC[C@@](O)(c1ccsc1)c1cccs1. The highest BCUT2D eigenvalue weighted by Gasteiger charge is 2.34. The van der Waals surface area contributed by atoms with Crippen molar-refractivity contribution in [2.24, 2.45) is 0 Å². The van der Waals surface area contributed by atoms with Gasteiger partial charge in [-0.15, -0.1) is 11.3 Å². The molecule has 0 bridgehead atoms. The summed E-state index contributed by atoms with van der Waals surface area (Å²) in [7, 11) is -3.36. The van der Waals surface area contributed by atoms with Crippen molar-refractivity contribution in [1.82, 2.24) is 4.72 Å². The topological polar surface area (TPSA) is 66.4 Å². The highest BCUT2D eigenvalue weighted by atomic mass is 32.2. The van der Waals surface area contributed by atoms with Gasteiger partial charge in [-0.1, -0.05) is 19.4 Å². The van der Waals surface area contributed by atoms with Gasteiger partial charge in [0.05, 0.1) is 5.75 Å². The lowest BCUT2D eigenvalue weighted by Crippen LogP contribution is -2.41. The van der Waals surface area contributed by atoms with E-state index in [-0.39, 0.29) is 12.3 Å². The van der Waals surface area contributed by atoms with Crippen LogP contribution in [0.5, 0.6) is 0 Å². The second-order valence-corrected chi connectivity index (χ2v) is 8.50. The van der Waals surface area contributed by atoms with Gasteiger partial charge >= 0.3 is 0 Å². The zero-order chi connectivity index (χ0) is 15.3. The average molecular weight is 346 g/mol. The largest absolute Gasteiger partial charge is 0.378 e. The van der Waals surface area contributed by atoms with Crippen LogP contribution in [0.2, 0.25) is 0 Å². The number of aliphatic hydroxyl groups is 1. The second kappa shape index (κ2) is 7.02. The molecule has 4 nitrogen and oxygen atoms in total. The summed E-state index contributed by atoms with van der Waals surface area (Å²) < 4.78 is 26.5. The van der Waals surface area contributed by atoms with Gasteiger partial charge in [-0.3, -0.25) is 0 Å². The van der Waals surface area contributed by atoms with Crippen LogP contribution in [0.4, 0.5) is 0 Å². The van der Waals surface area contributed by atoms with E-state index in [1.807, 2.05) is 41.3 Å². The predicted molar refractivity (Wildman–Crippen MR) is 88.3 cm³/mol. The van der Waals surface area contributed by atoms with Crippen molar-refractivity contribution in [1.29, 1.82) is 0 Å². The molecule has 0 saturated heterocycles. The van der Waals surface area contributed by atoms with Gasteiger partial charge in [-0.25, -0.2) is 13.1 Å². The van der Waals surface area contributed by atoms with E-state index < -0.39 is 15.6 Å². The first kappa shape index (κ1) is 16.6. The van der Waals surface area contributed by atoms with Crippen LogP contribution in [-0.2, 0) is 15.6 Å². The van der Waals surface area contributed by atoms with Crippen LogP contribution in [0.15, 0.2) is 34.3 Å². The van der Waals surface area contributed by atoms with Crippen LogP contribution < -0.4 is 4.72 Å². The Morgan fingerprint density at radius 1 is 1.33 bits per heavy atom. The summed E-state index contributed by atoms with van der Waals surface area (Å²) in [5.74, 6) is 0.0909. The number of hydrogen-bond donors (Lipinski definition) is 2. The van der Waals surface area contributed by atoms with E-state index in [1.165, 1.54) is 22.7 Å². The van der Waals surface area contributed by atoms with Crippen molar-refractivity contribution in [2.45, 2.75) is 25.4 Å². The molecule has 21 heavy (non-hydrogen) atoms. The van der Waals surface area contributed by atoms with E-state index in [2.05, 4.69) is 4.72 Å². The van der Waals surface area contributed by atoms with Crippen molar-refractivity contribution in [2.75, 3.05) is 12.3 Å². The molecular weight excluding hydrogens is 326 g/mol. The molecule has 116 valence electrons. The minimum absolute atomic E-state index is 0.0453. The highest BCUT2D eigenvalue weighted by molar-refractivity contribution is 7.89. The van der Waals surface area contributed by atoms with E-state index in [1.54, 1.807) is 0 Å². The van der Waals surface area contributed by atoms with E-state index in [0.29, 0.717) is 12.0 Å². The van der Waals surface area contributed by atoms with E-state index >= 15 is 0 Å². The Bertz CT molecular complexity index is 599. The molecule has 0 aromatic carbocycles. The van der Waals surface area contributed by atoms with Crippen LogP contribution in [0, 0.1) is 0 Å². The molecule has 0 spiro atoms.